The Labute approximate surface area is 160 Å². The molecular formula is C19H15Cl2N3O2. The molecule has 2 aromatic carbocycles. The summed E-state index contributed by atoms with van der Waals surface area (Å²) in [6.07, 6.45) is 1.54. The number of amides is 1. The van der Waals surface area contributed by atoms with E-state index < -0.39 is 0 Å². The molecule has 26 heavy (non-hydrogen) atoms. The number of aromatic nitrogens is 1. The summed E-state index contributed by atoms with van der Waals surface area (Å²) < 4.78 is 5.20. The first-order chi connectivity index (χ1) is 12.6. The fourth-order valence-electron chi connectivity index (χ4n) is 2.32. The van der Waals surface area contributed by atoms with Crippen molar-refractivity contribution in [3.05, 3.63) is 76.4 Å². The second-order valence-corrected chi connectivity index (χ2v) is 6.12. The summed E-state index contributed by atoms with van der Waals surface area (Å²) in [7, 11) is 1.52. The lowest BCUT2D eigenvalue weighted by molar-refractivity contribution is 0.102. The molecule has 0 bridgehead atoms. The molecule has 0 atom stereocenters. The first kappa shape index (κ1) is 18.0. The molecule has 3 rings (SSSR count). The maximum Gasteiger partial charge on any atom is 0.259 e. The zero-order valence-electron chi connectivity index (χ0n) is 13.8. The molecule has 0 saturated carbocycles. The van der Waals surface area contributed by atoms with Gasteiger partial charge in [0.25, 0.3) is 5.91 Å². The molecule has 5 nitrogen and oxygen atoms in total. The van der Waals surface area contributed by atoms with E-state index in [2.05, 4.69) is 15.6 Å². The van der Waals surface area contributed by atoms with Gasteiger partial charge in [0.05, 0.1) is 40.3 Å². The second-order valence-electron chi connectivity index (χ2n) is 5.31. The number of methoxy groups -OCH3 is 1. The summed E-state index contributed by atoms with van der Waals surface area (Å²) in [5.41, 5.74) is 1.57. The molecule has 3 aromatic rings. The third-order valence-corrected chi connectivity index (χ3v) is 4.22. The number of pyridine rings is 1. The number of nitrogens with zero attached hydrogens (tertiary/aromatic N) is 1. The van der Waals surface area contributed by atoms with Crippen molar-refractivity contribution in [2.45, 2.75) is 0 Å². The molecule has 0 aliphatic heterocycles. The predicted molar refractivity (Wildman–Crippen MR) is 105 cm³/mol. The summed E-state index contributed by atoms with van der Waals surface area (Å²) in [5.74, 6) is 0.777. The Kier molecular flexibility index (Phi) is 5.61. The molecule has 2 N–H and O–H groups in total. The molecular weight excluding hydrogens is 373 g/mol. The average Bonchev–Trinajstić information content (AvgIpc) is 2.66. The summed E-state index contributed by atoms with van der Waals surface area (Å²) in [6.45, 7) is 0. The van der Waals surface area contributed by atoms with Gasteiger partial charge in [-0.2, -0.15) is 0 Å². The van der Waals surface area contributed by atoms with E-state index >= 15 is 0 Å². The Morgan fingerprint density at radius 3 is 2.38 bits per heavy atom. The van der Waals surface area contributed by atoms with Crippen LogP contribution < -0.4 is 15.4 Å². The monoisotopic (exact) mass is 387 g/mol. The van der Waals surface area contributed by atoms with E-state index in [1.165, 1.54) is 7.11 Å². The zero-order chi connectivity index (χ0) is 18.5. The number of anilines is 3. The van der Waals surface area contributed by atoms with Crippen molar-refractivity contribution < 1.29 is 9.53 Å². The molecule has 132 valence electrons. The number of ether oxygens (including phenoxy) is 1. The molecule has 0 saturated heterocycles. The van der Waals surface area contributed by atoms with Gasteiger partial charge in [-0.05, 0) is 36.4 Å². The minimum atomic E-state index is -0.279. The first-order valence-electron chi connectivity index (χ1n) is 7.70. The normalized spacial score (nSPS) is 10.3. The smallest absolute Gasteiger partial charge is 0.259 e. The Morgan fingerprint density at radius 1 is 1.00 bits per heavy atom. The van der Waals surface area contributed by atoms with Gasteiger partial charge in [-0.3, -0.25) is 4.79 Å². The first-order valence-corrected chi connectivity index (χ1v) is 8.45. The fourth-order valence-corrected chi connectivity index (χ4v) is 2.81. The summed E-state index contributed by atoms with van der Waals surface area (Å²) >= 11 is 12.3. The van der Waals surface area contributed by atoms with Gasteiger partial charge in [-0.15, -0.1) is 0 Å². The average molecular weight is 388 g/mol. The molecule has 1 amide bonds. The lowest BCUT2D eigenvalue weighted by atomic mass is 10.2. The highest BCUT2D eigenvalue weighted by molar-refractivity contribution is 6.39. The van der Waals surface area contributed by atoms with Crippen LogP contribution in [0.1, 0.15) is 10.4 Å². The van der Waals surface area contributed by atoms with E-state index in [9.17, 15) is 4.79 Å². The molecule has 0 spiro atoms. The Hall–Kier alpha value is -2.76. The van der Waals surface area contributed by atoms with E-state index in [-0.39, 0.29) is 5.91 Å². The van der Waals surface area contributed by atoms with Crippen molar-refractivity contribution in [2.24, 2.45) is 0 Å². The van der Waals surface area contributed by atoms with Gasteiger partial charge in [0, 0.05) is 0 Å². The van der Waals surface area contributed by atoms with Gasteiger partial charge in [0.2, 0.25) is 0 Å². The molecule has 7 heteroatoms. The number of rotatable bonds is 5. The highest BCUT2D eigenvalue weighted by Crippen LogP contribution is 2.32. The number of halogens is 2. The largest absolute Gasteiger partial charge is 0.496 e. The zero-order valence-corrected chi connectivity index (χ0v) is 15.3. The standard InChI is InChI=1S/C19H15Cl2N3O2/c1-26-16-8-3-2-5-13(16)19(25)23-12-9-10-17(22-11-12)24-18-14(20)6-4-7-15(18)21/h2-11H,1H3,(H,22,24)(H,23,25). The van der Waals surface area contributed by atoms with Crippen molar-refractivity contribution in [1.29, 1.82) is 0 Å². The minimum Gasteiger partial charge on any atom is -0.496 e. The van der Waals surface area contributed by atoms with Gasteiger partial charge in [0.15, 0.2) is 0 Å². The van der Waals surface area contributed by atoms with E-state index in [1.54, 1.807) is 60.8 Å². The van der Waals surface area contributed by atoms with Crippen LogP contribution >= 0.6 is 23.2 Å². The van der Waals surface area contributed by atoms with E-state index in [0.717, 1.165) is 0 Å². The maximum atomic E-state index is 12.4. The fraction of sp³-hybridized carbons (Fsp3) is 0.0526. The Bertz CT molecular complexity index is 910. The third-order valence-electron chi connectivity index (χ3n) is 3.59. The van der Waals surface area contributed by atoms with E-state index in [1.807, 2.05) is 0 Å². The Morgan fingerprint density at radius 2 is 1.73 bits per heavy atom. The van der Waals surface area contributed by atoms with E-state index in [4.69, 9.17) is 27.9 Å². The van der Waals surface area contributed by atoms with Gasteiger partial charge >= 0.3 is 0 Å². The summed E-state index contributed by atoms with van der Waals surface area (Å²) in [5, 5.41) is 6.84. The molecule has 1 heterocycles. The highest BCUT2D eigenvalue weighted by atomic mass is 35.5. The van der Waals surface area contributed by atoms with Crippen LogP contribution in [0.4, 0.5) is 17.2 Å². The summed E-state index contributed by atoms with van der Waals surface area (Å²) in [4.78, 5) is 16.7. The number of hydrogen-bond donors (Lipinski definition) is 2. The number of hydrogen-bond acceptors (Lipinski definition) is 4. The SMILES string of the molecule is COc1ccccc1C(=O)Nc1ccc(Nc2c(Cl)cccc2Cl)nc1. The van der Waals surface area contributed by atoms with Crippen molar-refractivity contribution in [3.63, 3.8) is 0 Å². The van der Waals surface area contributed by atoms with Crippen LogP contribution in [0.15, 0.2) is 60.8 Å². The molecule has 0 unspecified atom stereocenters. The number of para-hydroxylation sites is 2. The van der Waals surface area contributed by atoms with Crippen molar-refractivity contribution in [2.75, 3.05) is 17.7 Å². The van der Waals surface area contributed by atoms with E-state index in [0.29, 0.717) is 38.6 Å². The summed E-state index contributed by atoms with van der Waals surface area (Å²) in [6, 6.07) is 15.7. The predicted octanol–water partition coefficient (Wildman–Crippen LogP) is 5.39. The van der Waals surface area contributed by atoms with Gasteiger partial charge in [-0.25, -0.2) is 4.98 Å². The van der Waals surface area contributed by atoms with Crippen LogP contribution in [0.5, 0.6) is 5.75 Å². The molecule has 1 aromatic heterocycles. The van der Waals surface area contributed by atoms with Crippen LogP contribution in [-0.4, -0.2) is 18.0 Å². The lowest BCUT2D eigenvalue weighted by Crippen LogP contribution is -2.13. The van der Waals surface area contributed by atoms with Gasteiger partial charge in [-0.1, -0.05) is 41.4 Å². The van der Waals surface area contributed by atoms with Crippen molar-refractivity contribution in [1.82, 2.24) is 4.98 Å². The lowest BCUT2D eigenvalue weighted by Gasteiger charge is -2.11. The molecule has 0 aliphatic carbocycles. The topological polar surface area (TPSA) is 63.2 Å². The Balaban J connectivity index is 1.73. The number of carbonyl (C=O) groups is 1. The number of nitrogens with one attached hydrogen (secondary N) is 2. The van der Waals surface area contributed by atoms with Crippen molar-refractivity contribution >= 4 is 46.3 Å². The van der Waals surface area contributed by atoms with Crippen LogP contribution in [0.25, 0.3) is 0 Å². The quantitative estimate of drug-likeness (QED) is 0.615. The molecule has 0 radical (unpaired) electrons. The van der Waals surface area contributed by atoms with Gasteiger partial charge < -0.3 is 15.4 Å². The van der Waals surface area contributed by atoms with Crippen LogP contribution in [0.2, 0.25) is 10.0 Å². The maximum absolute atomic E-state index is 12.4. The van der Waals surface area contributed by atoms with Crippen molar-refractivity contribution in [3.8, 4) is 5.75 Å². The number of benzene rings is 2. The van der Waals surface area contributed by atoms with Crippen LogP contribution in [-0.2, 0) is 0 Å². The number of carbonyl (C=O) groups excluding carboxylic acids is 1. The van der Waals surface area contributed by atoms with Crippen LogP contribution in [0, 0.1) is 0 Å². The third kappa shape index (κ3) is 4.07. The van der Waals surface area contributed by atoms with Crippen LogP contribution in [0.3, 0.4) is 0 Å². The van der Waals surface area contributed by atoms with Gasteiger partial charge in [0.1, 0.15) is 11.6 Å². The minimum absolute atomic E-state index is 0.279. The second kappa shape index (κ2) is 8.08. The molecule has 0 aliphatic rings. The molecule has 0 fully saturated rings. The highest BCUT2D eigenvalue weighted by Gasteiger charge is 2.12.